The van der Waals surface area contributed by atoms with Crippen LogP contribution in [0.25, 0.3) is 0 Å². The number of nitrogens with one attached hydrogen (secondary N) is 3. The van der Waals surface area contributed by atoms with Gasteiger partial charge in [-0.2, -0.15) is 0 Å². The van der Waals surface area contributed by atoms with E-state index in [1.807, 2.05) is 19.4 Å². The summed E-state index contributed by atoms with van der Waals surface area (Å²) >= 11 is 0. The highest BCUT2D eigenvalue weighted by atomic mass is 14.9. The molecule has 88 valence electrons. The minimum Gasteiger partial charge on any atom is -0.393 e. The van der Waals surface area contributed by atoms with E-state index < -0.39 is 0 Å². The van der Waals surface area contributed by atoms with Gasteiger partial charge in [0, 0.05) is 43.6 Å². The van der Waals surface area contributed by atoms with Crippen LogP contribution in [-0.2, 0) is 0 Å². The van der Waals surface area contributed by atoms with Crippen LogP contribution in [0.4, 0.5) is 0 Å². The van der Waals surface area contributed by atoms with Crippen molar-refractivity contribution in [2.75, 3.05) is 13.6 Å². The molecule has 0 aromatic rings. The predicted octanol–water partition coefficient (Wildman–Crippen LogP) is 1.80. The van der Waals surface area contributed by atoms with Gasteiger partial charge in [0.15, 0.2) is 0 Å². The lowest BCUT2D eigenvalue weighted by atomic mass is 10.0. The highest BCUT2D eigenvalue weighted by molar-refractivity contribution is 5.00. The first-order valence-electron chi connectivity index (χ1n) is 5.62. The molecule has 0 aliphatic rings. The molecule has 15 heavy (non-hydrogen) atoms. The molecule has 0 amide bonds. The van der Waals surface area contributed by atoms with Crippen molar-refractivity contribution in [3.63, 3.8) is 0 Å². The molecule has 0 saturated carbocycles. The van der Waals surface area contributed by atoms with E-state index >= 15 is 0 Å². The van der Waals surface area contributed by atoms with Gasteiger partial charge >= 0.3 is 0 Å². The molecule has 0 spiro atoms. The van der Waals surface area contributed by atoms with Crippen LogP contribution in [0, 0.1) is 5.92 Å². The Morgan fingerprint density at radius 1 is 1.33 bits per heavy atom. The fraction of sp³-hybridized carbons (Fsp3) is 0.667. The minimum atomic E-state index is 0.458. The second kappa shape index (κ2) is 8.21. The zero-order valence-electron chi connectivity index (χ0n) is 10.4. The Labute approximate surface area is 94.0 Å². The molecule has 1 atom stereocenters. The summed E-state index contributed by atoms with van der Waals surface area (Å²) in [4.78, 5) is 0. The Bertz CT molecular complexity index is 197. The molecule has 0 aliphatic carbocycles. The summed E-state index contributed by atoms with van der Waals surface area (Å²) < 4.78 is 0. The normalized spacial score (nSPS) is 12.9. The molecule has 0 fully saturated rings. The highest BCUT2D eigenvalue weighted by Gasteiger charge is 2.09. The van der Waals surface area contributed by atoms with Gasteiger partial charge in [-0.15, -0.1) is 0 Å². The fourth-order valence-corrected chi connectivity index (χ4v) is 1.36. The molecule has 3 nitrogen and oxygen atoms in total. The topological polar surface area (TPSA) is 36.1 Å². The largest absolute Gasteiger partial charge is 0.393 e. The van der Waals surface area contributed by atoms with Crippen molar-refractivity contribution in [1.29, 1.82) is 0 Å². The van der Waals surface area contributed by atoms with Crippen molar-refractivity contribution < 1.29 is 0 Å². The van der Waals surface area contributed by atoms with Gasteiger partial charge in [0.2, 0.25) is 0 Å². The first-order chi connectivity index (χ1) is 7.11. The zero-order valence-corrected chi connectivity index (χ0v) is 10.4. The summed E-state index contributed by atoms with van der Waals surface area (Å²) in [6, 6.07) is 0.458. The molecule has 0 radical (unpaired) electrons. The van der Waals surface area contributed by atoms with Gasteiger partial charge in [-0.3, -0.25) is 0 Å². The second-order valence-corrected chi connectivity index (χ2v) is 3.96. The Kier molecular flexibility index (Phi) is 7.60. The lowest BCUT2D eigenvalue weighted by Crippen LogP contribution is -2.30. The number of hydrogen-bond acceptors (Lipinski definition) is 3. The molecule has 0 aliphatic heterocycles. The van der Waals surface area contributed by atoms with Crippen LogP contribution in [0.1, 0.15) is 27.2 Å². The van der Waals surface area contributed by atoms with E-state index in [4.69, 9.17) is 0 Å². The Balaban J connectivity index is 3.90. The first kappa shape index (κ1) is 13.9. The van der Waals surface area contributed by atoms with Crippen LogP contribution in [0.15, 0.2) is 24.7 Å². The maximum absolute atomic E-state index is 4.07. The summed E-state index contributed by atoms with van der Waals surface area (Å²) in [5.74, 6) is 0.480. The fourth-order valence-electron chi connectivity index (χ4n) is 1.36. The summed E-state index contributed by atoms with van der Waals surface area (Å²) in [5.41, 5.74) is 1.12. The molecule has 0 aromatic carbocycles. The van der Waals surface area contributed by atoms with Crippen molar-refractivity contribution in [1.82, 2.24) is 16.0 Å². The maximum atomic E-state index is 4.07. The second-order valence-electron chi connectivity index (χ2n) is 3.96. The molecule has 0 aromatic heterocycles. The lowest BCUT2D eigenvalue weighted by Gasteiger charge is -2.21. The third-order valence-electron chi connectivity index (χ3n) is 2.19. The van der Waals surface area contributed by atoms with Gasteiger partial charge in [0.1, 0.15) is 0 Å². The van der Waals surface area contributed by atoms with Gasteiger partial charge in [0.25, 0.3) is 0 Å². The van der Waals surface area contributed by atoms with Crippen molar-refractivity contribution in [2.45, 2.75) is 33.2 Å². The van der Waals surface area contributed by atoms with Crippen LogP contribution >= 0.6 is 0 Å². The molecule has 1 unspecified atom stereocenters. The van der Waals surface area contributed by atoms with E-state index in [0.717, 1.165) is 18.7 Å². The van der Waals surface area contributed by atoms with Crippen molar-refractivity contribution in [2.24, 2.45) is 5.92 Å². The summed E-state index contributed by atoms with van der Waals surface area (Å²) in [5, 5.41) is 9.55. The lowest BCUT2D eigenvalue weighted by molar-refractivity contribution is 0.503. The molecule has 0 rings (SSSR count). The zero-order chi connectivity index (χ0) is 11.7. The third kappa shape index (κ3) is 6.89. The average Bonchev–Trinajstić information content (AvgIpc) is 2.16. The molecule has 0 saturated heterocycles. The van der Waals surface area contributed by atoms with Crippen LogP contribution in [0.5, 0.6) is 0 Å². The van der Waals surface area contributed by atoms with Gasteiger partial charge < -0.3 is 16.0 Å². The molecular formula is C12H25N3. The van der Waals surface area contributed by atoms with Crippen LogP contribution in [-0.4, -0.2) is 19.6 Å². The van der Waals surface area contributed by atoms with E-state index in [0.29, 0.717) is 12.0 Å². The smallest absolute Gasteiger partial charge is 0.0224 e. The van der Waals surface area contributed by atoms with Gasteiger partial charge in [-0.05, 0) is 20.3 Å². The summed E-state index contributed by atoms with van der Waals surface area (Å²) in [6.07, 6.45) is 4.90. The number of rotatable bonds is 8. The van der Waals surface area contributed by atoms with Crippen LogP contribution in [0.2, 0.25) is 0 Å². The van der Waals surface area contributed by atoms with Crippen molar-refractivity contribution in [3.8, 4) is 0 Å². The average molecular weight is 211 g/mol. The molecular weight excluding hydrogens is 186 g/mol. The predicted molar refractivity (Wildman–Crippen MR) is 67.4 cm³/mol. The van der Waals surface area contributed by atoms with Crippen LogP contribution < -0.4 is 16.0 Å². The number of hydrogen-bond donors (Lipinski definition) is 3. The van der Waals surface area contributed by atoms with Gasteiger partial charge in [0.05, 0.1) is 0 Å². The first-order valence-corrected chi connectivity index (χ1v) is 5.62. The Morgan fingerprint density at radius 2 is 2.00 bits per heavy atom. The SMILES string of the molecule is C=C(NC(C)C)C(CC)CN/C=C/NC. The van der Waals surface area contributed by atoms with Crippen molar-refractivity contribution >= 4 is 0 Å². The van der Waals surface area contributed by atoms with E-state index in [1.54, 1.807) is 0 Å². The molecule has 3 heteroatoms. The van der Waals surface area contributed by atoms with E-state index in [9.17, 15) is 0 Å². The van der Waals surface area contributed by atoms with Crippen LogP contribution in [0.3, 0.4) is 0 Å². The molecule has 0 bridgehead atoms. The standard InChI is InChI=1S/C12H25N3/c1-6-12(9-14-8-7-13-5)11(4)15-10(2)3/h7-8,10,12-15H,4,6,9H2,1-3,5H3/b8-7+. The van der Waals surface area contributed by atoms with Gasteiger partial charge in [-0.1, -0.05) is 13.5 Å². The highest BCUT2D eigenvalue weighted by Crippen LogP contribution is 2.10. The van der Waals surface area contributed by atoms with Crippen molar-refractivity contribution in [3.05, 3.63) is 24.7 Å². The quantitative estimate of drug-likeness (QED) is 0.573. The minimum absolute atomic E-state index is 0.458. The van der Waals surface area contributed by atoms with Gasteiger partial charge in [-0.25, -0.2) is 0 Å². The molecule has 0 heterocycles. The monoisotopic (exact) mass is 211 g/mol. The summed E-state index contributed by atoms with van der Waals surface area (Å²) in [6.45, 7) is 11.4. The Hall–Kier alpha value is -1.12. The molecule has 3 N–H and O–H groups in total. The van der Waals surface area contributed by atoms with E-state index in [-0.39, 0.29) is 0 Å². The maximum Gasteiger partial charge on any atom is 0.0224 e. The van der Waals surface area contributed by atoms with E-state index in [1.165, 1.54) is 0 Å². The summed E-state index contributed by atoms with van der Waals surface area (Å²) in [7, 11) is 1.88. The Morgan fingerprint density at radius 3 is 2.47 bits per heavy atom. The third-order valence-corrected chi connectivity index (χ3v) is 2.19. The van der Waals surface area contributed by atoms with E-state index in [2.05, 4.69) is 43.3 Å².